The minimum atomic E-state index is -1.26. The van der Waals surface area contributed by atoms with E-state index in [2.05, 4.69) is 11.9 Å². The first-order valence-corrected chi connectivity index (χ1v) is 7.42. The molecule has 23 heavy (non-hydrogen) atoms. The quantitative estimate of drug-likeness (QED) is 0.374. The van der Waals surface area contributed by atoms with Gasteiger partial charge >= 0.3 is 13.1 Å². The maximum absolute atomic E-state index is 12.1. The molecule has 0 aromatic rings. The second kappa shape index (κ2) is 9.81. The van der Waals surface area contributed by atoms with Gasteiger partial charge in [0.05, 0.1) is 24.9 Å². The SMILES string of the molecule is C=C/C(=C\C=C/C)CC(=O)N[C@H]1CC=C[C@H](CC(=O)O)OB1O. The summed E-state index contributed by atoms with van der Waals surface area (Å²) in [5.74, 6) is -1.90. The molecular formula is C16H22BNO5. The van der Waals surface area contributed by atoms with E-state index in [-0.39, 0.29) is 18.7 Å². The van der Waals surface area contributed by atoms with Crippen LogP contribution in [0, 0.1) is 0 Å². The number of allylic oxidation sites excluding steroid dienone is 4. The average molecular weight is 319 g/mol. The highest BCUT2D eigenvalue weighted by Gasteiger charge is 2.32. The summed E-state index contributed by atoms with van der Waals surface area (Å²) in [5.41, 5.74) is 0.754. The normalized spacial score (nSPS) is 22.0. The molecule has 2 atom stereocenters. The standard InChI is InChI=1S/C16H22BNO5/c1-3-5-7-12(4-2)10-15(19)18-14-9-6-8-13(11-16(20)21)23-17(14)22/h3-8,13-14,22H,2,9-11H2,1H3,(H,18,19)(H,20,21)/b5-3-,12-7+/t13-,14+/m1/s1. The van der Waals surface area contributed by atoms with Crippen LogP contribution in [0.25, 0.3) is 0 Å². The lowest BCUT2D eigenvalue weighted by Gasteiger charge is -2.20. The van der Waals surface area contributed by atoms with Crippen LogP contribution >= 0.6 is 0 Å². The van der Waals surface area contributed by atoms with E-state index >= 15 is 0 Å². The minimum absolute atomic E-state index is 0.138. The Bertz CT molecular complexity index is 527. The largest absolute Gasteiger partial charge is 0.481 e. The maximum Gasteiger partial charge on any atom is 0.478 e. The average Bonchev–Trinajstić information content (AvgIpc) is 2.64. The highest BCUT2D eigenvalue weighted by atomic mass is 16.5. The lowest BCUT2D eigenvalue weighted by molar-refractivity contribution is -0.138. The van der Waals surface area contributed by atoms with Crippen molar-refractivity contribution in [3.8, 4) is 0 Å². The van der Waals surface area contributed by atoms with Crippen LogP contribution in [0.1, 0.15) is 26.2 Å². The van der Waals surface area contributed by atoms with E-state index in [4.69, 9.17) is 9.76 Å². The summed E-state index contributed by atoms with van der Waals surface area (Å²) in [6, 6.07) is 0. The van der Waals surface area contributed by atoms with Crippen LogP contribution in [0.4, 0.5) is 0 Å². The van der Waals surface area contributed by atoms with Crippen molar-refractivity contribution in [2.45, 2.75) is 38.2 Å². The Kier molecular flexibility index (Phi) is 8.08. The molecule has 3 N–H and O–H groups in total. The summed E-state index contributed by atoms with van der Waals surface area (Å²) in [4.78, 5) is 22.8. The number of rotatable bonds is 7. The zero-order valence-electron chi connectivity index (χ0n) is 13.1. The summed E-state index contributed by atoms with van der Waals surface area (Å²) in [6.45, 7) is 5.53. The van der Waals surface area contributed by atoms with Gasteiger partial charge in [0, 0.05) is 0 Å². The number of carbonyl (C=O) groups is 2. The molecular weight excluding hydrogens is 297 g/mol. The zero-order valence-corrected chi connectivity index (χ0v) is 13.1. The Morgan fingerprint density at radius 2 is 2.26 bits per heavy atom. The van der Waals surface area contributed by atoms with Crippen molar-refractivity contribution in [1.82, 2.24) is 5.32 Å². The highest BCUT2D eigenvalue weighted by Crippen LogP contribution is 2.13. The Hall–Kier alpha value is -2.12. The van der Waals surface area contributed by atoms with E-state index < -0.39 is 25.1 Å². The van der Waals surface area contributed by atoms with E-state index in [0.717, 1.165) is 5.57 Å². The van der Waals surface area contributed by atoms with Gasteiger partial charge in [0.25, 0.3) is 0 Å². The lowest BCUT2D eigenvalue weighted by atomic mass is 9.77. The molecule has 0 spiro atoms. The molecule has 6 nitrogen and oxygen atoms in total. The molecule has 0 fully saturated rings. The van der Waals surface area contributed by atoms with E-state index in [0.29, 0.717) is 6.42 Å². The summed E-state index contributed by atoms with van der Waals surface area (Å²) in [7, 11) is -1.26. The fourth-order valence-electron chi connectivity index (χ4n) is 2.09. The van der Waals surface area contributed by atoms with Crippen molar-refractivity contribution in [2.24, 2.45) is 0 Å². The first-order valence-electron chi connectivity index (χ1n) is 7.42. The number of nitrogens with one attached hydrogen (secondary N) is 1. The smallest absolute Gasteiger partial charge is 0.478 e. The van der Waals surface area contributed by atoms with Gasteiger partial charge in [-0.3, -0.25) is 9.59 Å². The van der Waals surface area contributed by atoms with Crippen molar-refractivity contribution in [1.29, 1.82) is 0 Å². The third-order valence-corrected chi connectivity index (χ3v) is 3.25. The van der Waals surface area contributed by atoms with Crippen LogP contribution in [0.15, 0.2) is 48.6 Å². The minimum Gasteiger partial charge on any atom is -0.481 e. The number of hydrogen-bond donors (Lipinski definition) is 3. The Morgan fingerprint density at radius 3 is 2.87 bits per heavy atom. The van der Waals surface area contributed by atoms with Gasteiger partial charge in [0.2, 0.25) is 5.91 Å². The van der Waals surface area contributed by atoms with Crippen molar-refractivity contribution in [2.75, 3.05) is 0 Å². The predicted molar refractivity (Wildman–Crippen MR) is 88.5 cm³/mol. The molecule has 0 saturated carbocycles. The topological polar surface area (TPSA) is 95.9 Å². The molecule has 1 rings (SSSR count). The van der Waals surface area contributed by atoms with E-state index in [1.165, 1.54) is 0 Å². The van der Waals surface area contributed by atoms with Gasteiger partial charge < -0.3 is 20.1 Å². The van der Waals surface area contributed by atoms with Crippen molar-refractivity contribution in [3.63, 3.8) is 0 Å². The molecule has 1 amide bonds. The second-order valence-electron chi connectivity index (χ2n) is 5.15. The molecule has 1 aliphatic heterocycles. The van der Waals surface area contributed by atoms with Gasteiger partial charge in [0.15, 0.2) is 0 Å². The molecule has 7 heteroatoms. The lowest BCUT2D eigenvalue weighted by Crippen LogP contribution is -2.48. The number of carboxylic acids is 1. The van der Waals surface area contributed by atoms with Crippen LogP contribution in [0.5, 0.6) is 0 Å². The van der Waals surface area contributed by atoms with Crippen LogP contribution in [-0.2, 0) is 14.2 Å². The predicted octanol–water partition coefficient (Wildman–Crippen LogP) is 1.39. The van der Waals surface area contributed by atoms with Gasteiger partial charge in [-0.1, -0.05) is 43.0 Å². The monoisotopic (exact) mass is 319 g/mol. The van der Waals surface area contributed by atoms with Crippen LogP contribution in [-0.4, -0.2) is 41.2 Å². The van der Waals surface area contributed by atoms with E-state index in [1.54, 1.807) is 24.3 Å². The molecule has 1 aliphatic rings. The highest BCUT2D eigenvalue weighted by molar-refractivity contribution is 6.45. The third kappa shape index (κ3) is 7.12. The fraction of sp³-hybridized carbons (Fsp3) is 0.375. The first kappa shape index (κ1) is 18.9. The zero-order chi connectivity index (χ0) is 17.2. The van der Waals surface area contributed by atoms with Gasteiger partial charge in [0.1, 0.15) is 0 Å². The second-order valence-corrected chi connectivity index (χ2v) is 5.15. The summed E-state index contributed by atoms with van der Waals surface area (Å²) in [6.07, 6.45) is 9.90. The molecule has 0 aromatic carbocycles. The molecule has 1 heterocycles. The molecule has 0 aliphatic carbocycles. The van der Waals surface area contributed by atoms with Crippen molar-refractivity contribution in [3.05, 3.63) is 48.6 Å². The first-order chi connectivity index (χ1) is 11.0. The van der Waals surface area contributed by atoms with Gasteiger partial charge in [-0.05, 0) is 18.9 Å². The third-order valence-electron chi connectivity index (χ3n) is 3.25. The summed E-state index contributed by atoms with van der Waals surface area (Å²) < 4.78 is 5.26. The van der Waals surface area contributed by atoms with Crippen LogP contribution in [0.3, 0.4) is 0 Å². The number of hydrogen-bond acceptors (Lipinski definition) is 4. The number of amides is 1. The van der Waals surface area contributed by atoms with E-state index in [1.807, 2.05) is 19.1 Å². The van der Waals surface area contributed by atoms with Crippen molar-refractivity contribution >= 4 is 19.0 Å². The Morgan fingerprint density at radius 1 is 1.52 bits per heavy atom. The molecule has 0 aromatic heterocycles. The molecule has 0 saturated heterocycles. The molecule has 124 valence electrons. The number of aliphatic carboxylic acids is 1. The Balaban J connectivity index is 2.59. The summed E-state index contributed by atoms with van der Waals surface area (Å²) in [5, 5.41) is 21.5. The molecule has 0 bridgehead atoms. The Labute approximate surface area is 136 Å². The van der Waals surface area contributed by atoms with Crippen LogP contribution in [0.2, 0.25) is 0 Å². The van der Waals surface area contributed by atoms with Crippen LogP contribution < -0.4 is 5.32 Å². The fourth-order valence-corrected chi connectivity index (χ4v) is 2.09. The van der Waals surface area contributed by atoms with Crippen molar-refractivity contribution < 1.29 is 24.4 Å². The molecule has 0 unspecified atom stereocenters. The molecule has 0 radical (unpaired) electrons. The van der Waals surface area contributed by atoms with Gasteiger partial charge in [-0.2, -0.15) is 0 Å². The summed E-state index contributed by atoms with van der Waals surface area (Å²) >= 11 is 0. The maximum atomic E-state index is 12.1. The van der Waals surface area contributed by atoms with E-state index in [9.17, 15) is 14.6 Å². The van der Waals surface area contributed by atoms with Gasteiger partial charge in [-0.15, -0.1) is 0 Å². The number of carbonyl (C=O) groups excluding carboxylic acids is 1. The number of carboxylic acid groups (broad SMARTS) is 1. The van der Waals surface area contributed by atoms with Gasteiger partial charge in [-0.25, -0.2) is 0 Å².